The number of methoxy groups -OCH3 is 2. The molecule has 2 aromatic rings. The van der Waals surface area contributed by atoms with Crippen molar-refractivity contribution in [1.29, 1.82) is 0 Å². The topological polar surface area (TPSA) is 18.5 Å². The summed E-state index contributed by atoms with van der Waals surface area (Å²) in [7, 11) is 3.33. The third kappa shape index (κ3) is 3.16. The van der Waals surface area contributed by atoms with Gasteiger partial charge in [0, 0.05) is 5.41 Å². The Balaban J connectivity index is 2.47. The molecule has 0 aliphatic heterocycles. The van der Waals surface area contributed by atoms with Gasteiger partial charge in [0.2, 0.25) is 0 Å². The van der Waals surface area contributed by atoms with Crippen LogP contribution < -0.4 is 9.47 Å². The van der Waals surface area contributed by atoms with Crippen molar-refractivity contribution in [1.82, 2.24) is 0 Å². The standard InChI is InChI=1S/C17H20O2S2/c1-17(16(20)21,12-4-8-14(18-2)9-5-12)13-6-10-15(19-3)11-7-13/h4-11,16,20-21H,1-3H3. The Morgan fingerprint density at radius 2 is 1.10 bits per heavy atom. The molecule has 2 nitrogen and oxygen atoms in total. The van der Waals surface area contributed by atoms with Crippen LogP contribution in [0.4, 0.5) is 0 Å². The Bertz CT molecular complexity index is 529. The van der Waals surface area contributed by atoms with Crippen LogP contribution in [0.25, 0.3) is 0 Å². The maximum Gasteiger partial charge on any atom is 0.118 e. The molecule has 2 aromatic carbocycles. The van der Waals surface area contributed by atoms with E-state index in [-0.39, 0.29) is 10.00 Å². The summed E-state index contributed by atoms with van der Waals surface area (Å²) in [4.78, 5) is 0. The molecule has 0 aliphatic rings. The molecule has 112 valence electrons. The highest BCUT2D eigenvalue weighted by Gasteiger charge is 2.34. The van der Waals surface area contributed by atoms with E-state index >= 15 is 0 Å². The first-order valence-electron chi connectivity index (χ1n) is 6.67. The van der Waals surface area contributed by atoms with Crippen molar-refractivity contribution in [2.24, 2.45) is 0 Å². The molecule has 0 N–H and O–H groups in total. The SMILES string of the molecule is COc1ccc(C(C)(c2ccc(OC)cc2)C(S)S)cc1. The zero-order chi connectivity index (χ0) is 15.5. The van der Waals surface area contributed by atoms with Gasteiger partial charge in [-0.3, -0.25) is 0 Å². The highest BCUT2D eigenvalue weighted by Crippen LogP contribution is 2.40. The summed E-state index contributed by atoms with van der Waals surface area (Å²) >= 11 is 9.20. The van der Waals surface area contributed by atoms with Crippen LogP contribution in [0.5, 0.6) is 11.5 Å². The van der Waals surface area contributed by atoms with Crippen molar-refractivity contribution in [3.63, 3.8) is 0 Å². The molecule has 0 saturated carbocycles. The largest absolute Gasteiger partial charge is 0.497 e. The first kappa shape index (κ1) is 16.1. The molecule has 0 radical (unpaired) electrons. The predicted octanol–water partition coefficient (Wildman–Crippen LogP) is 4.20. The monoisotopic (exact) mass is 320 g/mol. The predicted molar refractivity (Wildman–Crippen MR) is 94.2 cm³/mol. The van der Waals surface area contributed by atoms with E-state index in [9.17, 15) is 0 Å². The Labute approximate surface area is 137 Å². The molecule has 0 aromatic heterocycles. The average Bonchev–Trinajstić information content (AvgIpc) is 2.54. The zero-order valence-electron chi connectivity index (χ0n) is 12.4. The molecule has 0 saturated heterocycles. The zero-order valence-corrected chi connectivity index (χ0v) is 14.2. The Morgan fingerprint density at radius 1 is 0.762 bits per heavy atom. The molecule has 0 fully saturated rings. The molecule has 0 amide bonds. The fraction of sp³-hybridized carbons (Fsp3) is 0.294. The minimum absolute atomic E-state index is 0.140. The lowest BCUT2D eigenvalue weighted by molar-refractivity contribution is 0.414. The van der Waals surface area contributed by atoms with Crippen molar-refractivity contribution in [2.75, 3.05) is 14.2 Å². The minimum Gasteiger partial charge on any atom is -0.497 e. The quantitative estimate of drug-likeness (QED) is 0.635. The van der Waals surface area contributed by atoms with E-state index in [2.05, 4.69) is 56.4 Å². The van der Waals surface area contributed by atoms with Crippen LogP contribution in [0, 0.1) is 0 Å². The molecule has 2 rings (SSSR count). The summed E-state index contributed by atoms with van der Waals surface area (Å²) in [6.45, 7) is 2.14. The fourth-order valence-electron chi connectivity index (χ4n) is 2.34. The molecule has 0 unspecified atom stereocenters. The lowest BCUT2D eigenvalue weighted by atomic mass is 9.77. The Hall–Kier alpha value is -1.26. The molecule has 0 heterocycles. The van der Waals surface area contributed by atoms with Crippen molar-refractivity contribution in [3.05, 3.63) is 59.7 Å². The van der Waals surface area contributed by atoms with Gasteiger partial charge in [0.1, 0.15) is 11.5 Å². The smallest absolute Gasteiger partial charge is 0.118 e. The van der Waals surface area contributed by atoms with Crippen molar-refractivity contribution in [3.8, 4) is 11.5 Å². The van der Waals surface area contributed by atoms with Crippen LogP contribution in [0.1, 0.15) is 18.1 Å². The number of rotatable bonds is 5. The molecule has 0 bridgehead atoms. The lowest BCUT2D eigenvalue weighted by Gasteiger charge is -2.34. The first-order valence-corrected chi connectivity index (χ1v) is 7.71. The summed E-state index contributed by atoms with van der Waals surface area (Å²) in [6.07, 6.45) is 0. The van der Waals surface area contributed by atoms with E-state index in [1.807, 2.05) is 24.3 Å². The minimum atomic E-state index is -0.315. The first-order chi connectivity index (χ1) is 10.0. The third-order valence-electron chi connectivity index (χ3n) is 3.90. The maximum absolute atomic E-state index is 5.22. The van der Waals surface area contributed by atoms with Gasteiger partial charge in [-0.2, -0.15) is 25.3 Å². The van der Waals surface area contributed by atoms with Gasteiger partial charge in [-0.15, -0.1) is 0 Å². The number of thiol groups is 2. The van der Waals surface area contributed by atoms with Crippen molar-refractivity contribution in [2.45, 2.75) is 16.9 Å². The average molecular weight is 320 g/mol. The summed E-state index contributed by atoms with van der Waals surface area (Å²) < 4.78 is 10.3. The summed E-state index contributed by atoms with van der Waals surface area (Å²) in [5.74, 6) is 1.68. The Morgan fingerprint density at radius 3 is 1.33 bits per heavy atom. The second-order valence-electron chi connectivity index (χ2n) is 5.03. The molecular weight excluding hydrogens is 300 g/mol. The van der Waals surface area contributed by atoms with Gasteiger partial charge in [0.25, 0.3) is 0 Å². The number of benzene rings is 2. The van der Waals surface area contributed by atoms with E-state index in [0.717, 1.165) is 22.6 Å². The van der Waals surface area contributed by atoms with Crippen LogP contribution in [-0.4, -0.2) is 18.8 Å². The van der Waals surface area contributed by atoms with Gasteiger partial charge in [0.05, 0.1) is 18.8 Å². The summed E-state index contributed by atoms with van der Waals surface area (Å²) in [6, 6.07) is 16.1. The lowest BCUT2D eigenvalue weighted by Crippen LogP contribution is -2.31. The molecular formula is C17H20O2S2. The van der Waals surface area contributed by atoms with Crippen LogP contribution in [0.15, 0.2) is 48.5 Å². The van der Waals surface area contributed by atoms with Gasteiger partial charge in [-0.25, -0.2) is 0 Å². The van der Waals surface area contributed by atoms with E-state index in [4.69, 9.17) is 9.47 Å². The van der Waals surface area contributed by atoms with Crippen LogP contribution in [-0.2, 0) is 5.41 Å². The van der Waals surface area contributed by atoms with Gasteiger partial charge in [-0.05, 0) is 42.3 Å². The molecule has 0 atom stereocenters. The number of hydrogen-bond donors (Lipinski definition) is 2. The molecule has 0 spiro atoms. The maximum atomic E-state index is 5.22. The van der Waals surface area contributed by atoms with Crippen molar-refractivity contribution < 1.29 is 9.47 Å². The van der Waals surface area contributed by atoms with Crippen molar-refractivity contribution >= 4 is 25.3 Å². The van der Waals surface area contributed by atoms with Crippen LogP contribution >= 0.6 is 25.3 Å². The normalized spacial score (nSPS) is 11.5. The van der Waals surface area contributed by atoms with E-state index in [0.29, 0.717) is 0 Å². The van der Waals surface area contributed by atoms with E-state index in [1.54, 1.807) is 14.2 Å². The van der Waals surface area contributed by atoms with Gasteiger partial charge in [0.15, 0.2) is 0 Å². The van der Waals surface area contributed by atoms with Gasteiger partial charge in [-0.1, -0.05) is 24.3 Å². The second-order valence-corrected chi connectivity index (χ2v) is 6.47. The Kier molecular flexibility index (Phi) is 5.12. The van der Waals surface area contributed by atoms with Crippen LogP contribution in [0.3, 0.4) is 0 Å². The number of hydrogen-bond acceptors (Lipinski definition) is 4. The highest BCUT2D eigenvalue weighted by molar-refractivity contribution is 7.99. The van der Waals surface area contributed by atoms with Gasteiger partial charge < -0.3 is 9.47 Å². The second kappa shape index (κ2) is 6.67. The summed E-state index contributed by atoms with van der Waals surface area (Å²) in [5, 5.41) is 0. The van der Waals surface area contributed by atoms with Gasteiger partial charge >= 0.3 is 0 Å². The summed E-state index contributed by atoms with van der Waals surface area (Å²) in [5.41, 5.74) is 1.97. The number of ether oxygens (including phenoxy) is 2. The fourth-order valence-corrected chi connectivity index (χ4v) is 2.94. The third-order valence-corrected chi connectivity index (χ3v) is 4.93. The molecule has 21 heavy (non-hydrogen) atoms. The highest BCUT2D eigenvalue weighted by atomic mass is 32.2. The van der Waals surface area contributed by atoms with E-state index < -0.39 is 0 Å². The molecule has 0 aliphatic carbocycles. The van der Waals surface area contributed by atoms with E-state index in [1.165, 1.54) is 0 Å². The molecule has 4 heteroatoms. The van der Waals surface area contributed by atoms with Crippen LogP contribution in [0.2, 0.25) is 0 Å².